The molecule has 5 nitrogen and oxygen atoms in total. The number of nitrogens with zero attached hydrogens (tertiary/aromatic N) is 1. The molecule has 1 saturated heterocycles. The Kier molecular flexibility index (Phi) is 4.66. The van der Waals surface area contributed by atoms with Crippen molar-refractivity contribution < 1.29 is 19.4 Å². The molecule has 1 aliphatic heterocycles. The zero-order chi connectivity index (χ0) is 16.3. The van der Waals surface area contributed by atoms with E-state index in [0.717, 1.165) is 18.4 Å². The van der Waals surface area contributed by atoms with Crippen molar-refractivity contribution in [2.45, 2.75) is 44.1 Å². The van der Waals surface area contributed by atoms with Crippen LogP contribution < -0.4 is 0 Å². The molecule has 1 spiro atoms. The number of hydrogen-bond donors (Lipinski definition) is 1. The molecule has 1 aromatic carbocycles. The summed E-state index contributed by atoms with van der Waals surface area (Å²) in [7, 11) is 0. The molecular weight excluding hydrogens is 294 g/mol. The van der Waals surface area contributed by atoms with Gasteiger partial charge in [-0.1, -0.05) is 31.4 Å². The molecule has 0 atom stereocenters. The molecule has 1 aromatic rings. The van der Waals surface area contributed by atoms with Gasteiger partial charge in [-0.2, -0.15) is 0 Å². The maximum absolute atomic E-state index is 12.6. The number of aromatic carboxylic acids is 1. The van der Waals surface area contributed by atoms with Crippen molar-refractivity contribution in [1.82, 2.24) is 4.90 Å². The normalized spacial score (nSPS) is 20.4. The Balaban J connectivity index is 1.62. The van der Waals surface area contributed by atoms with Crippen molar-refractivity contribution in [1.29, 1.82) is 0 Å². The van der Waals surface area contributed by atoms with Gasteiger partial charge in [0.1, 0.15) is 0 Å². The summed E-state index contributed by atoms with van der Waals surface area (Å²) in [5.74, 6) is -0.850. The minimum atomic E-state index is -0.949. The first-order valence-electron chi connectivity index (χ1n) is 8.32. The largest absolute Gasteiger partial charge is 0.478 e. The van der Waals surface area contributed by atoms with Crippen LogP contribution in [0.2, 0.25) is 0 Å². The third-order valence-electron chi connectivity index (χ3n) is 4.92. The zero-order valence-corrected chi connectivity index (χ0v) is 13.3. The van der Waals surface area contributed by atoms with E-state index >= 15 is 0 Å². The van der Waals surface area contributed by atoms with E-state index in [1.54, 1.807) is 24.3 Å². The molecule has 0 radical (unpaired) electrons. The van der Waals surface area contributed by atoms with Crippen LogP contribution in [0.1, 0.15) is 48.0 Å². The molecule has 23 heavy (non-hydrogen) atoms. The van der Waals surface area contributed by atoms with Gasteiger partial charge < -0.3 is 14.7 Å². The molecule has 1 aliphatic carbocycles. The molecule has 2 aliphatic rings. The van der Waals surface area contributed by atoms with E-state index in [4.69, 9.17) is 9.84 Å². The van der Waals surface area contributed by atoms with Crippen molar-refractivity contribution in [2.24, 2.45) is 0 Å². The molecule has 1 heterocycles. The summed E-state index contributed by atoms with van der Waals surface area (Å²) in [6.07, 6.45) is 6.02. The SMILES string of the molecule is O=C(O)c1ccc(CC(=O)N2CCOC3(CCCCC3)C2)cc1. The number of hydrogen-bond acceptors (Lipinski definition) is 3. The van der Waals surface area contributed by atoms with Gasteiger partial charge in [-0.3, -0.25) is 4.79 Å². The third kappa shape index (κ3) is 3.72. The highest BCUT2D eigenvalue weighted by molar-refractivity contribution is 5.87. The fourth-order valence-corrected chi connectivity index (χ4v) is 3.61. The highest BCUT2D eigenvalue weighted by Crippen LogP contribution is 2.34. The Morgan fingerprint density at radius 3 is 2.48 bits per heavy atom. The molecule has 3 rings (SSSR count). The standard InChI is InChI=1S/C18H23NO4/c20-16(12-14-4-6-15(7-5-14)17(21)22)19-10-11-23-18(13-19)8-2-1-3-9-18/h4-7H,1-3,8-13H2,(H,21,22). The minimum Gasteiger partial charge on any atom is -0.478 e. The quantitative estimate of drug-likeness (QED) is 0.930. The predicted octanol–water partition coefficient (Wildman–Crippen LogP) is 2.49. The van der Waals surface area contributed by atoms with Gasteiger partial charge in [-0.05, 0) is 30.5 Å². The van der Waals surface area contributed by atoms with Gasteiger partial charge in [0.05, 0.1) is 24.2 Å². The Morgan fingerprint density at radius 2 is 1.83 bits per heavy atom. The van der Waals surface area contributed by atoms with E-state index in [9.17, 15) is 9.59 Å². The summed E-state index contributed by atoms with van der Waals surface area (Å²) in [5.41, 5.74) is 0.970. The van der Waals surface area contributed by atoms with Crippen LogP contribution in [0.15, 0.2) is 24.3 Å². The molecule has 0 bridgehead atoms. The summed E-state index contributed by atoms with van der Waals surface area (Å²) in [6, 6.07) is 6.54. The smallest absolute Gasteiger partial charge is 0.335 e. The van der Waals surface area contributed by atoms with E-state index < -0.39 is 5.97 Å². The molecular formula is C18H23NO4. The Labute approximate surface area is 136 Å². The zero-order valence-electron chi connectivity index (χ0n) is 13.3. The first-order valence-corrected chi connectivity index (χ1v) is 8.32. The minimum absolute atomic E-state index is 0.0984. The second-order valence-electron chi connectivity index (χ2n) is 6.59. The number of carbonyl (C=O) groups is 2. The van der Waals surface area contributed by atoms with Gasteiger partial charge in [0.15, 0.2) is 0 Å². The van der Waals surface area contributed by atoms with Crippen LogP contribution in [0, 0.1) is 0 Å². The molecule has 1 saturated carbocycles. The summed E-state index contributed by atoms with van der Waals surface area (Å²) in [5, 5.41) is 8.91. The van der Waals surface area contributed by atoms with Gasteiger partial charge >= 0.3 is 5.97 Å². The topological polar surface area (TPSA) is 66.8 Å². The second-order valence-corrected chi connectivity index (χ2v) is 6.59. The maximum Gasteiger partial charge on any atom is 0.335 e. The maximum atomic E-state index is 12.6. The number of amides is 1. The highest BCUT2D eigenvalue weighted by Gasteiger charge is 2.38. The van der Waals surface area contributed by atoms with Crippen LogP contribution in [0.4, 0.5) is 0 Å². The van der Waals surface area contributed by atoms with Crippen molar-refractivity contribution >= 4 is 11.9 Å². The lowest BCUT2D eigenvalue weighted by molar-refractivity contribution is -0.155. The fourth-order valence-electron chi connectivity index (χ4n) is 3.61. The van der Waals surface area contributed by atoms with Crippen LogP contribution in [0.5, 0.6) is 0 Å². The second kappa shape index (κ2) is 6.71. The Hall–Kier alpha value is -1.88. The van der Waals surface area contributed by atoms with Crippen molar-refractivity contribution in [2.75, 3.05) is 19.7 Å². The van der Waals surface area contributed by atoms with Crippen LogP contribution >= 0.6 is 0 Å². The average Bonchev–Trinajstić information content (AvgIpc) is 2.56. The predicted molar refractivity (Wildman–Crippen MR) is 85.5 cm³/mol. The summed E-state index contributed by atoms with van der Waals surface area (Å²) in [6.45, 7) is 1.95. The van der Waals surface area contributed by atoms with Gasteiger partial charge in [-0.25, -0.2) is 4.79 Å². The summed E-state index contributed by atoms with van der Waals surface area (Å²) in [4.78, 5) is 25.3. The first kappa shape index (κ1) is 16.0. The lowest BCUT2D eigenvalue weighted by Crippen LogP contribution is -2.54. The third-order valence-corrected chi connectivity index (χ3v) is 4.92. The van der Waals surface area contributed by atoms with Gasteiger partial charge in [-0.15, -0.1) is 0 Å². The van der Waals surface area contributed by atoms with Crippen LogP contribution in [-0.2, 0) is 16.0 Å². The molecule has 1 N–H and O–H groups in total. The van der Waals surface area contributed by atoms with Crippen molar-refractivity contribution in [3.8, 4) is 0 Å². The van der Waals surface area contributed by atoms with E-state index in [1.807, 2.05) is 4.90 Å². The van der Waals surface area contributed by atoms with Crippen molar-refractivity contribution in [3.05, 3.63) is 35.4 Å². The number of rotatable bonds is 3. The van der Waals surface area contributed by atoms with Crippen LogP contribution in [0.25, 0.3) is 0 Å². The van der Waals surface area contributed by atoms with Crippen molar-refractivity contribution in [3.63, 3.8) is 0 Å². The molecule has 0 aromatic heterocycles. The summed E-state index contributed by atoms with van der Waals surface area (Å²) < 4.78 is 6.02. The Morgan fingerprint density at radius 1 is 1.13 bits per heavy atom. The summed E-state index contributed by atoms with van der Waals surface area (Å²) >= 11 is 0. The van der Waals surface area contributed by atoms with Crippen LogP contribution in [0.3, 0.4) is 0 Å². The van der Waals surface area contributed by atoms with Gasteiger partial charge in [0, 0.05) is 13.1 Å². The van der Waals surface area contributed by atoms with E-state index in [-0.39, 0.29) is 17.1 Å². The number of morpholine rings is 1. The lowest BCUT2D eigenvalue weighted by Gasteiger charge is -2.45. The van der Waals surface area contributed by atoms with E-state index in [1.165, 1.54) is 19.3 Å². The fraction of sp³-hybridized carbons (Fsp3) is 0.556. The monoisotopic (exact) mass is 317 g/mol. The molecule has 5 heteroatoms. The number of carboxylic acid groups (broad SMARTS) is 1. The average molecular weight is 317 g/mol. The lowest BCUT2D eigenvalue weighted by atomic mass is 9.83. The highest BCUT2D eigenvalue weighted by atomic mass is 16.5. The van der Waals surface area contributed by atoms with Gasteiger partial charge in [0.2, 0.25) is 5.91 Å². The molecule has 124 valence electrons. The van der Waals surface area contributed by atoms with E-state index in [2.05, 4.69) is 0 Å². The Bertz CT molecular complexity index is 570. The first-order chi connectivity index (χ1) is 11.1. The van der Waals surface area contributed by atoms with E-state index in [0.29, 0.717) is 26.1 Å². The molecule has 1 amide bonds. The van der Waals surface area contributed by atoms with Gasteiger partial charge in [0.25, 0.3) is 0 Å². The number of ether oxygens (including phenoxy) is 1. The number of benzene rings is 1. The number of carbonyl (C=O) groups excluding carboxylic acids is 1. The van der Waals surface area contributed by atoms with Crippen LogP contribution in [-0.4, -0.2) is 47.2 Å². The molecule has 2 fully saturated rings. The number of carboxylic acids is 1. The molecule has 0 unspecified atom stereocenters.